The van der Waals surface area contributed by atoms with Crippen molar-refractivity contribution in [3.05, 3.63) is 182 Å². The first-order chi connectivity index (χ1) is 25.3. The van der Waals surface area contributed by atoms with Crippen LogP contribution in [-0.4, -0.2) is 9.13 Å². The summed E-state index contributed by atoms with van der Waals surface area (Å²) >= 11 is 1.89. The predicted octanol–water partition coefficient (Wildman–Crippen LogP) is 13.6. The zero-order valence-corrected chi connectivity index (χ0v) is 28.4. The molecule has 2 nitrogen and oxygen atoms in total. The Labute approximate surface area is 298 Å². The van der Waals surface area contributed by atoms with E-state index in [-0.39, 0.29) is 0 Å². The fraction of sp³-hybridized carbons (Fsp3) is 0. The van der Waals surface area contributed by atoms with Gasteiger partial charge in [-0.25, -0.2) is 0 Å². The summed E-state index contributed by atoms with van der Waals surface area (Å²) in [5.41, 5.74) is 12.2. The molecule has 0 fully saturated rings. The van der Waals surface area contributed by atoms with Gasteiger partial charge in [-0.1, -0.05) is 109 Å². The summed E-state index contributed by atoms with van der Waals surface area (Å²) in [6, 6.07) is 66.6. The van der Waals surface area contributed by atoms with Gasteiger partial charge >= 0.3 is 0 Å². The smallest absolute Gasteiger partial charge is 0.0541 e. The molecular weight excluding hydrogens is 637 g/mol. The monoisotopic (exact) mass is 666 g/mol. The van der Waals surface area contributed by atoms with E-state index in [9.17, 15) is 0 Å². The molecule has 0 aliphatic rings. The molecule has 3 aromatic heterocycles. The molecule has 0 saturated carbocycles. The number of aromatic nitrogens is 2. The summed E-state index contributed by atoms with van der Waals surface area (Å²) in [4.78, 5) is 0. The lowest BCUT2D eigenvalue weighted by atomic mass is 10.00. The molecule has 0 atom stereocenters. The SMILES string of the molecule is c1ccc(-n2c3ccccc3c3cc(-c4ccc5c(c4)sc4cc(-c6ccc7c(c6)c6ccccc6n7-c6ccccc6)ccc45)ccc32)cc1. The first-order valence-corrected chi connectivity index (χ1v) is 18.2. The van der Waals surface area contributed by atoms with E-state index in [0.29, 0.717) is 0 Å². The van der Waals surface area contributed by atoms with Crippen molar-refractivity contribution in [3.63, 3.8) is 0 Å². The van der Waals surface area contributed by atoms with E-state index in [4.69, 9.17) is 0 Å². The Hall–Kier alpha value is -6.42. The Morgan fingerprint density at radius 1 is 0.275 bits per heavy atom. The zero-order valence-electron chi connectivity index (χ0n) is 27.6. The summed E-state index contributed by atoms with van der Waals surface area (Å²) in [7, 11) is 0. The minimum Gasteiger partial charge on any atom is -0.309 e. The van der Waals surface area contributed by atoms with Gasteiger partial charge in [0.15, 0.2) is 0 Å². The third kappa shape index (κ3) is 4.35. The predicted molar refractivity (Wildman–Crippen MR) is 219 cm³/mol. The van der Waals surface area contributed by atoms with Crippen LogP contribution in [0.25, 0.3) is 97.4 Å². The van der Waals surface area contributed by atoms with E-state index < -0.39 is 0 Å². The van der Waals surface area contributed by atoms with Gasteiger partial charge in [0.1, 0.15) is 0 Å². The van der Waals surface area contributed by atoms with Crippen LogP contribution in [0.15, 0.2) is 182 Å². The molecule has 0 saturated heterocycles. The number of hydrogen-bond donors (Lipinski definition) is 0. The number of thiophene rings is 1. The van der Waals surface area contributed by atoms with Crippen molar-refractivity contribution < 1.29 is 0 Å². The molecule has 0 N–H and O–H groups in total. The van der Waals surface area contributed by atoms with E-state index in [1.807, 2.05) is 11.3 Å². The molecule has 0 bridgehead atoms. The van der Waals surface area contributed by atoms with E-state index >= 15 is 0 Å². The van der Waals surface area contributed by atoms with Gasteiger partial charge in [0.2, 0.25) is 0 Å². The molecule has 51 heavy (non-hydrogen) atoms. The van der Waals surface area contributed by atoms with E-state index in [1.165, 1.54) is 97.4 Å². The van der Waals surface area contributed by atoms with E-state index in [1.54, 1.807) is 0 Å². The van der Waals surface area contributed by atoms with Crippen molar-refractivity contribution in [1.82, 2.24) is 9.13 Å². The molecular formula is C48H30N2S. The molecule has 0 aliphatic carbocycles. The Bertz CT molecular complexity index is 2910. The van der Waals surface area contributed by atoms with Crippen LogP contribution in [0, 0.1) is 0 Å². The third-order valence-corrected chi connectivity index (χ3v) is 11.6. The van der Waals surface area contributed by atoms with Crippen LogP contribution in [0.3, 0.4) is 0 Å². The number of hydrogen-bond acceptors (Lipinski definition) is 1. The van der Waals surface area contributed by atoms with Crippen LogP contribution < -0.4 is 0 Å². The van der Waals surface area contributed by atoms with Crippen LogP contribution >= 0.6 is 11.3 Å². The third-order valence-electron chi connectivity index (χ3n) is 10.5. The standard InChI is InChI=1S/C48H30N2S/c1-3-11-35(12-4-1)49-43-17-9-7-15-37(43)41-27-31(21-25-45(41)49)33-19-23-39-40-24-20-34(30-48(40)51-47(39)29-33)32-22-26-46-42(28-32)38-16-8-10-18-44(38)50(46)36-13-5-2-6-14-36/h1-30H. The van der Waals surface area contributed by atoms with Crippen molar-refractivity contribution >= 4 is 75.1 Å². The topological polar surface area (TPSA) is 9.86 Å². The fourth-order valence-corrected chi connectivity index (χ4v) is 9.34. The highest BCUT2D eigenvalue weighted by molar-refractivity contribution is 7.25. The van der Waals surface area contributed by atoms with Crippen LogP contribution in [0.4, 0.5) is 0 Å². The molecule has 11 rings (SSSR count). The normalized spacial score (nSPS) is 11.9. The van der Waals surface area contributed by atoms with Crippen LogP contribution in [0.1, 0.15) is 0 Å². The largest absolute Gasteiger partial charge is 0.309 e. The van der Waals surface area contributed by atoms with Crippen molar-refractivity contribution in [2.45, 2.75) is 0 Å². The second kappa shape index (κ2) is 11.0. The van der Waals surface area contributed by atoms with Crippen LogP contribution in [0.5, 0.6) is 0 Å². The van der Waals surface area contributed by atoms with Gasteiger partial charge in [0.05, 0.1) is 22.1 Å². The minimum absolute atomic E-state index is 1.18. The highest BCUT2D eigenvalue weighted by Crippen LogP contribution is 2.41. The summed E-state index contributed by atoms with van der Waals surface area (Å²) in [6.45, 7) is 0. The van der Waals surface area contributed by atoms with Gasteiger partial charge in [-0.15, -0.1) is 11.3 Å². The molecule has 0 amide bonds. The average Bonchev–Trinajstić information content (AvgIpc) is 3.85. The van der Waals surface area contributed by atoms with Crippen LogP contribution in [-0.2, 0) is 0 Å². The van der Waals surface area contributed by atoms with Gasteiger partial charge in [-0.3, -0.25) is 0 Å². The number of fused-ring (bicyclic) bond motifs is 9. The molecule has 11 aromatic rings. The molecule has 0 unspecified atom stereocenters. The summed E-state index contributed by atoms with van der Waals surface area (Å²) in [5, 5.41) is 7.73. The van der Waals surface area contributed by atoms with E-state index in [0.717, 1.165) is 0 Å². The Morgan fingerprint density at radius 2 is 0.647 bits per heavy atom. The maximum Gasteiger partial charge on any atom is 0.0541 e. The summed E-state index contributed by atoms with van der Waals surface area (Å²) in [5.74, 6) is 0. The number of benzene rings is 8. The quantitative estimate of drug-likeness (QED) is 0.177. The van der Waals surface area contributed by atoms with Crippen molar-refractivity contribution in [2.75, 3.05) is 0 Å². The second-order valence-corrected chi connectivity index (χ2v) is 14.4. The first-order valence-electron chi connectivity index (χ1n) is 17.4. The summed E-state index contributed by atoms with van der Waals surface area (Å²) < 4.78 is 7.38. The lowest BCUT2D eigenvalue weighted by Crippen LogP contribution is -1.92. The van der Waals surface area contributed by atoms with Crippen molar-refractivity contribution in [1.29, 1.82) is 0 Å². The molecule has 0 aliphatic heterocycles. The first kappa shape index (κ1) is 28.4. The number of rotatable bonds is 4. The van der Waals surface area contributed by atoms with Crippen LogP contribution in [0.2, 0.25) is 0 Å². The maximum absolute atomic E-state index is 2.38. The number of para-hydroxylation sites is 4. The lowest BCUT2D eigenvalue weighted by molar-refractivity contribution is 1.18. The average molecular weight is 667 g/mol. The summed E-state index contributed by atoms with van der Waals surface area (Å²) in [6.07, 6.45) is 0. The molecule has 238 valence electrons. The molecule has 3 heterocycles. The highest BCUT2D eigenvalue weighted by atomic mass is 32.1. The zero-order chi connectivity index (χ0) is 33.5. The molecule has 0 radical (unpaired) electrons. The second-order valence-electron chi connectivity index (χ2n) is 13.4. The van der Waals surface area contributed by atoms with Gasteiger partial charge in [-0.05, 0) is 95.1 Å². The lowest BCUT2D eigenvalue weighted by Gasteiger charge is -2.08. The Balaban J connectivity index is 1.01. The molecule has 3 heteroatoms. The highest BCUT2D eigenvalue weighted by Gasteiger charge is 2.16. The maximum atomic E-state index is 2.38. The molecule has 0 spiro atoms. The van der Waals surface area contributed by atoms with Gasteiger partial charge in [-0.2, -0.15) is 0 Å². The van der Waals surface area contributed by atoms with Gasteiger partial charge < -0.3 is 9.13 Å². The van der Waals surface area contributed by atoms with Gasteiger partial charge in [0, 0.05) is 53.1 Å². The van der Waals surface area contributed by atoms with Crippen molar-refractivity contribution in [3.8, 4) is 33.6 Å². The Morgan fingerprint density at radius 3 is 1.12 bits per heavy atom. The Kier molecular flexibility index (Phi) is 6.16. The number of nitrogens with zero attached hydrogens (tertiary/aromatic N) is 2. The molecule has 8 aromatic carbocycles. The minimum atomic E-state index is 1.18. The van der Waals surface area contributed by atoms with E-state index in [2.05, 4.69) is 191 Å². The van der Waals surface area contributed by atoms with Gasteiger partial charge in [0.25, 0.3) is 0 Å². The van der Waals surface area contributed by atoms with Crippen molar-refractivity contribution in [2.24, 2.45) is 0 Å². The fourth-order valence-electron chi connectivity index (χ4n) is 8.15.